The molecule has 1 atom stereocenters. The summed E-state index contributed by atoms with van der Waals surface area (Å²) in [6, 6.07) is 0.482. The number of piperidine rings is 1. The van der Waals surface area contributed by atoms with Crippen LogP contribution in [0.5, 0.6) is 0 Å². The van der Waals surface area contributed by atoms with E-state index in [1.54, 1.807) is 11.9 Å². The maximum Gasteiger partial charge on any atom is 0.410 e. The van der Waals surface area contributed by atoms with E-state index in [2.05, 4.69) is 18.7 Å². The molecule has 0 saturated carbocycles. The van der Waals surface area contributed by atoms with Gasteiger partial charge in [0.2, 0.25) is 5.91 Å². The van der Waals surface area contributed by atoms with E-state index in [0.29, 0.717) is 38.7 Å². The van der Waals surface area contributed by atoms with Gasteiger partial charge in [0.05, 0.1) is 25.7 Å². The molecular weight excluding hydrogens is 310 g/mol. The number of hydrogen-bond acceptors (Lipinski definition) is 5. The van der Waals surface area contributed by atoms with Crippen LogP contribution in [-0.4, -0.2) is 90.8 Å². The number of morpholine rings is 1. The van der Waals surface area contributed by atoms with Crippen LogP contribution in [0.4, 0.5) is 4.79 Å². The maximum atomic E-state index is 12.6. The van der Waals surface area contributed by atoms with E-state index in [4.69, 9.17) is 9.47 Å². The lowest BCUT2D eigenvalue weighted by Gasteiger charge is -2.39. The van der Waals surface area contributed by atoms with Crippen molar-refractivity contribution in [2.75, 3.05) is 46.4 Å². The Balaban J connectivity index is 1.48. The van der Waals surface area contributed by atoms with Crippen molar-refractivity contribution in [3.63, 3.8) is 0 Å². The molecule has 136 valence electrons. The minimum Gasteiger partial charge on any atom is -0.441 e. The Hall–Kier alpha value is -1.34. The number of likely N-dealkylation sites (tertiary alicyclic amines) is 1. The van der Waals surface area contributed by atoms with E-state index < -0.39 is 5.60 Å². The Kier molecular flexibility index (Phi) is 5.01. The number of ether oxygens (including phenoxy) is 2. The highest BCUT2D eigenvalue weighted by molar-refractivity contribution is 5.77. The molecule has 7 nitrogen and oxygen atoms in total. The Morgan fingerprint density at radius 2 is 2.00 bits per heavy atom. The molecule has 0 aliphatic carbocycles. The van der Waals surface area contributed by atoms with Gasteiger partial charge in [-0.05, 0) is 13.8 Å². The van der Waals surface area contributed by atoms with Crippen LogP contribution >= 0.6 is 0 Å². The minimum atomic E-state index is -0.390. The summed E-state index contributed by atoms with van der Waals surface area (Å²) in [5.41, 5.74) is -0.390. The monoisotopic (exact) mass is 339 g/mol. The molecule has 0 N–H and O–H groups in total. The fourth-order valence-corrected chi connectivity index (χ4v) is 3.87. The normalized spacial score (nSPS) is 27.8. The number of carbonyl (C=O) groups is 2. The first-order valence-electron chi connectivity index (χ1n) is 8.96. The number of amides is 2. The topological polar surface area (TPSA) is 62.3 Å². The van der Waals surface area contributed by atoms with Crippen molar-refractivity contribution < 1.29 is 19.1 Å². The van der Waals surface area contributed by atoms with Gasteiger partial charge < -0.3 is 19.3 Å². The van der Waals surface area contributed by atoms with Crippen molar-refractivity contribution in [1.82, 2.24) is 14.7 Å². The van der Waals surface area contributed by atoms with E-state index in [1.807, 2.05) is 4.90 Å². The molecule has 1 spiro atoms. The third-order valence-electron chi connectivity index (χ3n) is 5.47. The molecule has 3 rings (SSSR count). The Bertz CT molecular complexity index is 488. The molecule has 0 aromatic carbocycles. The summed E-state index contributed by atoms with van der Waals surface area (Å²) >= 11 is 0. The fourth-order valence-electron chi connectivity index (χ4n) is 3.87. The summed E-state index contributed by atoms with van der Waals surface area (Å²) in [6.45, 7) is 8.74. The molecule has 7 heteroatoms. The Morgan fingerprint density at radius 3 is 2.58 bits per heavy atom. The molecule has 24 heavy (non-hydrogen) atoms. The SMILES string of the molecule is CC(C)N1CCOC(CC(=O)N2CCC3(CC2)CN(C)C(=O)O3)C1. The van der Waals surface area contributed by atoms with Gasteiger partial charge >= 0.3 is 6.09 Å². The second-order valence-electron chi connectivity index (χ2n) is 7.57. The van der Waals surface area contributed by atoms with Gasteiger partial charge in [0.1, 0.15) is 5.60 Å². The molecule has 3 aliphatic rings. The van der Waals surface area contributed by atoms with Crippen molar-refractivity contribution in [2.24, 2.45) is 0 Å². The van der Waals surface area contributed by atoms with Crippen molar-refractivity contribution in [1.29, 1.82) is 0 Å². The van der Waals surface area contributed by atoms with E-state index >= 15 is 0 Å². The Labute approximate surface area is 143 Å². The van der Waals surface area contributed by atoms with Gasteiger partial charge in [0, 0.05) is 52.1 Å². The van der Waals surface area contributed by atoms with Crippen LogP contribution in [0.2, 0.25) is 0 Å². The van der Waals surface area contributed by atoms with Crippen LogP contribution < -0.4 is 0 Å². The molecule has 0 aromatic heterocycles. The molecule has 1 unspecified atom stereocenters. The van der Waals surface area contributed by atoms with Crippen LogP contribution in [0.25, 0.3) is 0 Å². The van der Waals surface area contributed by atoms with Gasteiger partial charge in [-0.3, -0.25) is 9.69 Å². The quantitative estimate of drug-likeness (QED) is 0.765. The van der Waals surface area contributed by atoms with Gasteiger partial charge in [0.25, 0.3) is 0 Å². The highest BCUT2D eigenvalue weighted by Gasteiger charge is 2.46. The summed E-state index contributed by atoms with van der Waals surface area (Å²) in [6.07, 6.45) is 1.62. The number of hydrogen-bond donors (Lipinski definition) is 0. The van der Waals surface area contributed by atoms with Crippen LogP contribution in [-0.2, 0) is 14.3 Å². The smallest absolute Gasteiger partial charge is 0.410 e. The van der Waals surface area contributed by atoms with Gasteiger partial charge in [-0.1, -0.05) is 0 Å². The predicted octanol–water partition coefficient (Wildman–Crippen LogP) is 0.929. The highest BCUT2D eigenvalue weighted by atomic mass is 16.6. The lowest BCUT2D eigenvalue weighted by atomic mass is 9.91. The molecular formula is C17H29N3O4. The molecule has 3 saturated heterocycles. The van der Waals surface area contributed by atoms with Crippen LogP contribution in [0.3, 0.4) is 0 Å². The number of nitrogens with zero attached hydrogens (tertiary/aromatic N) is 3. The highest BCUT2D eigenvalue weighted by Crippen LogP contribution is 2.32. The Morgan fingerprint density at radius 1 is 1.29 bits per heavy atom. The fraction of sp³-hybridized carbons (Fsp3) is 0.882. The molecule has 3 heterocycles. The third-order valence-corrected chi connectivity index (χ3v) is 5.47. The van der Waals surface area contributed by atoms with Crippen LogP contribution in [0.15, 0.2) is 0 Å². The van der Waals surface area contributed by atoms with E-state index in [0.717, 1.165) is 25.9 Å². The first-order valence-corrected chi connectivity index (χ1v) is 8.96. The lowest BCUT2D eigenvalue weighted by Crippen LogP contribution is -2.51. The first-order chi connectivity index (χ1) is 11.4. The van der Waals surface area contributed by atoms with E-state index in [9.17, 15) is 9.59 Å². The molecule has 0 bridgehead atoms. The van der Waals surface area contributed by atoms with E-state index in [-0.39, 0.29) is 18.1 Å². The average Bonchev–Trinajstić information content (AvgIpc) is 2.82. The summed E-state index contributed by atoms with van der Waals surface area (Å²) in [4.78, 5) is 30.1. The van der Waals surface area contributed by atoms with Crippen LogP contribution in [0, 0.1) is 0 Å². The summed E-state index contributed by atoms with van der Waals surface area (Å²) < 4.78 is 11.3. The minimum absolute atomic E-state index is 0.0139. The zero-order valence-electron chi connectivity index (χ0n) is 15.0. The largest absolute Gasteiger partial charge is 0.441 e. The first kappa shape index (κ1) is 17.5. The lowest BCUT2D eigenvalue weighted by molar-refractivity contribution is -0.139. The zero-order chi connectivity index (χ0) is 17.3. The van der Waals surface area contributed by atoms with Crippen molar-refractivity contribution in [3.05, 3.63) is 0 Å². The van der Waals surface area contributed by atoms with Gasteiger partial charge in [-0.2, -0.15) is 0 Å². The predicted molar refractivity (Wildman–Crippen MR) is 88.7 cm³/mol. The zero-order valence-corrected chi connectivity index (χ0v) is 15.0. The summed E-state index contributed by atoms with van der Waals surface area (Å²) in [7, 11) is 1.76. The van der Waals surface area contributed by atoms with E-state index in [1.165, 1.54) is 0 Å². The van der Waals surface area contributed by atoms with Gasteiger partial charge in [0.15, 0.2) is 0 Å². The standard InChI is InChI=1S/C17H29N3O4/c1-13(2)20-8-9-23-14(11-20)10-15(21)19-6-4-17(5-7-19)12-18(3)16(22)24-17/h13-14H,4-12H2,1-3H3. The number of rotatable bonds is 3. The second kappa shape index (κ2) is 6.88. The van der Waals surface area contributed by atoms with Crippen molar-refractivity contribution in [3.8, 4) is 0 Å². The van der Waals surface area contributed by atoms with Crippen LogP contribution in [0.1, 0.15) is 33.1 Å². The number of likely N-dealkylation sites (N-methyl/N-ethyl adjacent to an activating group) is 1. The van der Waals surface area contributed by atoms with Gasteiger partial charge in [-0.15, -0.1) is 0 Å². The molecule has 2 amide bonds. The molecule has 3 aliphatic heterocycles. The summed E-state index contributed by atoms with van der Waals surface area (Å²) in [5, 5.41) is 0. The number of carbonyl (C=O) groups excluding carboxylic acids is 2. The molecule has 0 aromatic rings. The summed E-state index contributed by atoms with van der Waals surface area (Å²) in [5.74, 6) is 0.151. The average molecular weight is 339 g/mol. The maximum absolute atomic E-state index is 12.6. The van der Waals surface area contributed by atoms with Gasteiger partial charge in [-0.25, -0.2) is 4.79 Å². The third kappa shape index (κ3) is 3.67. The molecule has 3 fully saturated rings. The second-order valence-corrected chi connectivity index (χ2v) is 7.57. The van der Waals surface area contributed by atoms with Crippen molar-refractivity contribution in [2.45, 2.75) is 50.9 Å². The molecule has 0 radical (unpaired) electrons. The van der Waals surface area contributed by atoms with Crippen molar-refractivity contribution >= 4 is 12.0 Å².